The highest BCUT2D eigenvalue weighted by Gasteiger charge is 2.50. The summed E-state index contributed by atoms with van der Waals surface area (Å²) in [6.07, 6.45) is 10.7. The molecule has 3 N–H and O–H groups in total. The number of hydrogen-bond donors (Lipinski definition) is 3. The average Bonchev–Trinajstić information content (AvgIpc) is 3.52. The van der Waals surface area contributed by atoms with Gasteiger partial charge < -0.3 is 14.7 Å². The van der Waals surface area contributed by atoms with Crippen molar-refractivity contribution in [3.05, 3.63) is 82.2 Å². The Kier molecular flexibility index (Phi) is 7.97. The molecule has 0 radical (unpaired) electrons. The van der Waals surface area contributed by atoms with Crippen molar-refractivity contribution < 1.29 is 18.8 Å². The van der Waals surface area contributed by atoms with E-state index < -0.39 is 26.5 Å². The molecule has 1 fully saturated rings. The smallest absolute Gasteiger partial charge is 0.262 e. The molecule has 1 saturated carbocycles. The first kappa shape index (κ1) is 31.3. The number of benzene rings is 2. The van der Waals surface area contributed by atoms with Crippen LogP contribution in [0.1, 0.15) is 73.1 Å². The minimum atomic E-state index is -3.00. The fourth-order valence-corrected chi connectivity index (χ4v) is 9.71. The monoisotopic (exact) mass is 663 g/mol. The second kappa shape index (κ2) is 11.7. The predicted molar refractivity (Wildman–Crippen MR) is 182 cm³/mol. The van der Waals surface area contributed by atoms with E-state index in [9.17, 15) is 14.1 Å². The van der Waals surface area contributed by atoms with Gasteiger partial charge in [0.2, 0.25) is 0 Å². The van der Waals surface area contributed by atoms with Crippen molar-refractivity contribution in [1.29, 1.82) is 0 Å². The lowest BCUT2D eigenvalue weighted by molar-refractivity contribution is -0.0530. The van der Waals surface area contributed by atoms with Gasteiger partial charge in [-0.2, -0.15) is 15.4 Å². The number of carbonyl (C=O) groups is 1. The maximum absolute atomic E-state index is 13.8. The molecule has 7 rings (SSSR count). The zero-order valence-corrected chi connectivity index (χ0v) is 27.9. The highest BCUT2D eigenvalue weighted by Crippen LogP contribution is 2.50. The predicted octanol–water partition coefficient (Wildman–Crippen LogP) is 5.19. The molecule has 3 heterocycles. The second-order valence-electron chi connectivity index (χ2n) is 13.9. The van der Waals surface area contributed by atoms with E-state index in [1.165, 1.54) is 11.1 Å². The third-order valence-corrected chi connectivity index (χ3v) is 13.5. The minimum absolute atomic E-state index is 0.0754. The summed E-state index contributed by atoms with van der Waals surface area (Å²) in [6, 6.07) is 11.7. The number of fused-ring (bicyclic) bond motifs is 4. The van der Waals surface area contributed by atoms with Gasteiger partial charge in [0, 0.05) is 40.3 Å². The van der Waals surface area contributed by atoms with Crippen LogP contribution < -0.4 is 14.4 Å². The Labute approximate surface area is 275 Å². The molecular weight excluding hydrogens is 622 g/mol. The molecule has 1 amide bonds. The molecule has 7 atom stereocenters. The van der Waals surface area contributed by atoms with Crippen LogP contribution in [-0.4, -0.2) is 61.5 Å². The Bertz CT molecular complexity index is 1780. The maximum atomic E-state index is 13.8. The number of aryl methyl sites for hydroxylation is 1. The minimum Gasteiger partial charge on any atom is -0.490 e. The molecule has 1 spiro atoms. The van der Waals surface area contributed by atoms with Crippen molar-refractivity contribution in [2.24, 2.45) is 17.8 Å². The van der Waals surface area contributed by atoms with Crippen molar-refractivity contribution in [1.82, 2.24) is 20.1 Å². The number of aromatic amines is 1. The van der Waals surface area contributed by atoms with E-state index in [0.717, 1.165) is 42.8 Å². The summed E-state index contributed by atoms with van der Waals surface area (Å²) in [6.45, 7) is 5.68. The van der Waals surface area contributed by atoms with E-state index in [1.54, 1.807) is 12.3 Å². The Morgan fingerprint density at radius 3 is 2.80 bits per heavy atom. The zero-order chi connectivity index (χ0) is 32.3. The average molecular weight is 664 g/mol. The van der Waals surface area contributed by atoms with E-state index in [4.69, 9.17) is 16.3 Å². The van der Waals surface area contributed by atoms with Gasteiger partial charge in [0.05, 0.1) is 28.2 Å². The van der Waals surface area contributed by atoms with Crippen molar-refractivity contribution in [3.63, 3.8) is 0 Å². The second-order valence-corrected chi connectivity index (χ2v) is 16.7. The number of amides is 1. The number of H-pyrrole nitrogens is 1. The van der Waals surface area contributed by atoms with E-state index >= 15 is 0 Å². The van der Waals surface area contributed by atoms with Crippen molar-refractivity contribution in [2.75, 3.05) is 24.6 Å². The molecule has 2 aliphatic heterocycles. The topological polar surface area (TPSA) is 120 Å². The molecule has 3 aromatic rings. The SMILES string of the molecule is C=S1(=O)NC(=O)c2ccc3c(c2)N(C[C@@H]2CC[C@H]2[C@@](O)(c2cn[nH]n2)/C=C/C[C@H](C)[C@H]1C)C[C@@]1(CCCc2cc(Cl)ccc21)CO3. The molecule has 2 aliphatic carbocycles. The van der Waals surface area contributed by atoms with Gasteiger partial charge >= 0.3 is 0 Å². The molecule has 1 aromatic heterocycles. The van der Waals surface area contributed by atoms with Crippen molar-refractivity contribution in [3.8, 4) is 5.75 Å². The summed E-state index contributed by atoms with van der Waals surface area (Å²) in [5.74, 6) is 4.23. The number of allylic oxidation sites excluding steroid dienone is 1. The van der Waals surface area contributed by atoms with Crippen molar-refractivity contribution >= 4 is 38.8 Å². The molecule has 2 aromatic carbocycles. The van der Waals surface area contributed by atoms with Crippen LogP contribution in [0.3, 0.4) is 0 Å². The molecule has 11 heteroatoms. The quantitative estimate of drug-likeness (QED) is 0.242. The van der Waals surface area contributed by atoms with Gasteiger partial charge in [-0.25, -0.2) is 4.21 Å². The van der Waals surface area contributed by atoms with Gasteiger partial charge in [0.25, 0.3) is 5.91 Å². The number of nitrogens with one attached hydrogen (secondary N) is 2. The van der Waals surface area contributed by atoms with E-state index in [1.807, 2.05) is 44.2 Å². The number of aromatic nitrogens is 3. The highest BCUT2D eigenvalue weighted by atomic mass is 35.5. The molecule has 46 heavy (non-hydrogen) atoms. The summed E-state index contributed by atoms with van der Waals surface area (Å²) >= 11 is 6.44. The van der Waals surface area contributed by atoms with Gasteiger partial charge in [-0.05, 0) is 105 Å². The first-order chi connectivity index (χ1) is 22.0. The van der Waals surface area contributed by atoms with Gasteiger partial charge in [0.1, 0.15) is 17.0 Å². The molecule has 1 unspecified atom stereocenters. The van der Waals surface area contributed by atoms with Crippen LogP contribution in [0.15, 0.2) is 54.7 Å². The lowest BCUT2D eigenvalue weighted by atomic mass is 9.63. The lowest BCUT2D eigenvalue weighted by Gasteiger charge is -2.48. The first-order valence-corrected chi connectivity index (χ1v) is 18.4. The Morgan fingerprint density at radius 1 is 1.20 bits per heavy atom. The summed E-state index contributed by atoms with van der Waals surface area (Å²) in [7, 11) is -3.00. The van der Waals surface area contributed by atoms with Gasteiger partial charge in [-0.15, -0.1) is 0 Å². The number of anilines is 1. The number of hydrogen-bond acceptors (Lipinski definition) is 7. The largest absolute Gasteiger partial charge is 0.490 e. The maximum Gasteiger partial charge on any atom is 0.262 e. The van der Waals surface area contributed by atoms with Crippen LogP contribution in [0, 0.1) is 17.8 Å². The Morgan fingerprint density at radius 2 is 2.04 bits per heavy atom. The van der Waals surface area contributed by atoms with E-state index in [0.29, 0.717) is 43.1 Å². The third-order valence-electron chi connectivity index (χ3n) is 11.1. The molecule has 0 saturated heterocycles. The summed E-state index contributed by atoms with van der Waals surface area (Å²) in [4.78, 5) is 16.0. The summed E-state index contributed by atoms with van der Waals surface area (Å²) < 4.78 is 23.2. The van der Waals surface area contributed by atoms with Crippen LogP contribution in [-0.2, 0) is 27.1 Å². The number of aliphatic hydroxyl groups is 1. The van der Waals surface area contributed by atoms with E-state index in [2.05, 4.69) is 43.0 Å². The highest BCUT2D eigenvalue weighted by molar-refractivity contribution is 7.99. The molecule has 9 nitrogen and oxygen atoms in total. The molecule has 4 aliphatic rings. The fourth-order valence-electron chi connectivity index (χ4n) is 8.04. The number of rotatable bonds is 1. The Hall–Kier alpha value is -3.34. The van der Waals surface area contributed by atoms with Crippen LogP contribution in [0.4, 0.5) is 5.69 Å². The van der Waals surface area contributed by atoms with E-state index in [-0.39, 0.29) is 23.2 Å². The normalized spacial score (nSPS) is 35.1. The first-order valence-electron chi connectivity index (χ1n) is 16.2. The number of carbonyl (C=O) groups excluding carboxylic acids is 1. The standard InChI is InChI=1S/C35H42ClN5O4S/c1-22-6-4-15-35(43,32-18-37-40-38-32)29-11-8-26(29)19-41-20-34(14-5-7-24-16-27(36)10-12-28(24)34)21-45-31-13-9-25(17-30(31)41)33(42)39-46(3,44)23(22)2/h4,9-10,12-13,15-18,22-23,26,29,43H,3,5-8,11,14,19-21H2,1-2H3,(H,37,38,40)(H,39,42,44)/b15-4+/t22-,23+,26-,29+,34-,35+,46?/m0/s1. The molecule has 2 bridgehead atoms. The van der Waals surface area contributed by atoms with Crippen LogP contribution in [0.5, 0.6) is 5.75 Å². The van der Waals surface area contributed by atoms with Gasteiger partial charge in [0.15, 0.2) is 0 Å². The molecular formula is C35H42ClN5O4S. The summed E-state index contributed by atoms with van der Waals surface area (Å²) in [5, 5.41) is 23.7. The number of ether oxygens (including phenoxy) is 1. The number of nitrogens with zero attached hydrogens (tertiary/aromatic N) is 3. The zero-order valence-electron chi connectivity index (χ0n) is 26.4. The van der Waals surface area contributed by atoms with Crippen LogP contribution in [0.25, 0.3) is 0 Å². The number of halogens is 1. The third kappa shape index (κ3) is 5.42. The van der Waals surface area contributed by atoms with Gasteiger partial charge in [-0.3, -0.25) is 9.52 Å². The van der Waals surface area contributed by atoms with Gasteiger partial charge in [-0.1, -0.05) is 36.7 Å². The van der Waals surface area contributed by atoms with Crippen LogP contribution >= 0.6 is 11.6 Å². The lowest BCUT2D eigenvalue weighted by Crippen LogP contribution is -2.51. The Balaban J connectivity index is 1.34. The summed E-state index contributed by atoms with van der Waals surface area (Å²) in [5.41, 5.74) is 2.62. The molecule has 244 valence electrons. The fraction of sp³-hybridized carbons (Fsp3) is 0.486. The van der Waals surface area contributed by atoms with Crippen LogP contribution in [0.2, 0.25) is 5.02 Å². The van der Waals surface area contributed by atoms with Crippen molar-refractivity contribution in [2.45, 2.75) is 68.6 Å².